The Balaban J connectivity index is 2.23. The topological polar surface area (TPSA) is 21.3 Å². The van der Waals surface area contributed by atoms with Gasteiger partial charge in [-0.05, 0) is 37.6 Å². The second-order valence-electron chi connectivity index (χ2n) is 3.56. The van der Waals surface area contributed by atoms with Gasteiger partial charge in [-0.15, -0.1) is 0 Å². The second-order valence-corrected chi connectivity index (χ2v) is 3.56. The van der Waals surface area contributed by atoms with Crippen LogP contribution in [0.2, 0.25) is 0 Å². The van der Waals surface area contributed by atoms with Gasteiger partial charge in [0, 0.05) is 5.54 Å². The molecule has 1 N–H and O–H groups in total. The van der Waals surface area contributed by atoms with Crippen molar-refractivity contribution in [3.8, 4) is 5.75 Å². The van der Waals surface area contributed by atoms with E-state index in [4.69, 9.17) is 4.74 Å². The summed E-state index contributed by atoms with van der Waals surface area (Å²) in [6, 6.07) is 8.32. The van der Waals surface area contributed by atoms with Crippen molar-refractivity contribution in [2.75, 3.05) is 14.2 Å². The smallest absolute Gasteiger partial charge is 0.118 e. The van der Waals surface area contributed by atoms with Crippen LogP contribution in [0.4, 0.5) is 0 Å². The van der Waals surface area contributed by atoms with Crippen LogP contribution in [0.5, 0.6) is 5.75 Å². The Labute approximate surface area is 78.9 Å². The molecule has 1 aromatic rings. The lowest BCUT2D eigenvalue weighted by Gasteiger charge is -2.14. The Morgan fingerprint density at radius 2 is 1.85 bits per heavy atom. The first-order valence-corrected chi connectivity index (χ1v) is 4.64. The number of hydrogen-bond donors (Lipinski definition) is 1. The zero-order chi connectivity index (χ0) is 9.31. The zero-order valence-electron chi connectivity index (χ0n) is 8.13. The fourth-order valence-corrected chi connectivity index (χ4v) is 1.72. The summed E-state index contributed by atoms with van der Waals surface area (Å²) >= 11 is 0. The van der Waals surface area contributed by atoms with E-state index in [0.717, 1.165) is 5.75 Å². The van der Waals surface area contributed by atoms with Crippen LogP contribution >= 0.6 is 0 Å². The first-order valence-electron chi connectivity index (χ1n) is 4.64. The molecule has 1 aliphatic rings. The van der Waals surface area contributed by atoms with E-state index < -0.39 is 0 Å². The van der Waals surface area contributed by atoms with Crippen molar-refractivity contribution in [1.29, 1.82) is 0 Å². The minimum absolute atomic E-state index is 0.270. The first-order chi connectivity index (χ1) is 6.30. The van der Waals surface area contributed by atoms with E-state index in [1.54, 1.807) is 7.11 Å². The monoisotopic (exact) mass is 177 g/mol. The summed E-state index contributed by atoms with van der Waals surface area (Å²) in [5, 5.41) is 3.37. The molecule has 2 nitrogen and oxygen atoms in total. The molecule has 1 fully saturated rings. The molecule has 1 aliphatic carbocycles. The minimum Gasteiger partial charge on any atom is -0.497 e. The van der Waals surface area contributed by atoms with E-state index >= 15 is 0 Å². The highest BCUT2D eigenvalue weighted by Crippen LogP contribution is 2.45. The normalized spacial score (nSPS) is 18.3. The standard InChI is InChI=1S/C11H15NO/c1-12-11(7-8-11)9-3-5-10(13-2)6-4-9/h3-6,12H,7-8H2,1-2H3. The van der Waals surface area contributed by atoms with Crippen LogP contribution in [-0.2, 0) is 5.54 Å². The maximum absolute atomic E-state index is 5.12. The molecular formula is C11H15NO. The predicted octanol–water partition coefficient (Wildman–Crippen LogP) is 1.90. The van der Waals surface area contributed by atoms with Crippen molar-refractivity contribution in [3.05, 3.63) is 29.8 Å². The van der Waals surface area contributed by atoms with E-state index in [2.05, 4.69) is 17.4 Å². The largest absolute Gasteiger partial charge is 0.497 e. The third-order valence-electron chi connectivity index (χ3n) is 2.87. The molecule has 1 saturated carbocycles. The number of hydrogen-bond acceptors (Lipinski definition) is 2. The Bertz CT molecular complexity index is 287. The molecule has 0 unspecified atom stereocenters. The van der Waals surface area contributed by atoms with Gasteiger partial charge in [0.15, 0.2) is 0 Å². The lowest BCUT2D eigenvalue weighted by Crippen LogP contribution is -2.24. The summed E-state index contributed by atoms with van der Waals surface area (Å²) in [7, 11) is 3.72. The number of benzene rings is 1. The van der Waals surface area contributed by atoms with Crippen LogP contribution in [0.15, 0.2) is 24.3 Å². The molecule has 70 valence electrons. The molecule has 2 heteroatoms. The number of ether oxygens (including phenoxy) is 1. The van der Waals surface area contributed by atoms with Crippen molar-refractivity contribution in [1.82, 2.24) is 5.32 Å². The van der Waals surface area contributed by atoms with Crippen LogP contribution in [0.1, 0.15) is 18.4 Å². The van der Waals surface area contributed by atoms with Crippen LogP contribution in [0.25, 0.3) is 0 Å². The zero-order valence-corrected chi connectivity index (χ0v) is 8.13. The van der Waals surface area contributed by atoms with Crippen molar-refractivity contribution in [3.63, 3.8) is 0 Å². The number of methoxy groups -OCH3 is 1. The molecule has 0 saturated heterocycles. The van der Waals surface area contributed by atoms with Gasteiger partial charge in [-0.1, -0.05) is 12.1 Å². The fourth-order valence-electron chi connectivity index (χ4n) is 1.72. The highest BCUT2D eigenvalue weighted by molar-refractivity contribution is 5.35. The highest BCUT2D eigenvalue weighted by Gasteiger charge is 2.42. The van der Waals surface area contributed by atoms with E-state index in [1.165, 1.54) is 18.4 Å². The highest BCUT2D eigenvalue weighted by atomic mass is 16.5. The van der Waals surface area contributed by atoms with Gasteiger partial charge >= 0.3 is 0 Å². The molecule has 0 spiro atoms. The Morgan fingerprint density at radius 1 is 1.23 bits per heavy atom. The fraction of sp³-hybridized carbons (Fsp3) is 0.455. The lowest BCUT2D eigenvalue weighted by molar-refractivity contribution is 0.414. The van der Waals surface area contributed by atoms with Gasteiger partial charge in [-0.25, -0.2) is 0 Å². The molecule has 0 heterocycles. The van der Waals surface area contributed by atoms with Gasteiger partial charge in [0.2, 0.25) is 0 Å². The van der Waals surface area contributed by atoms with Crippen LogP contribution in [-0.4, -0.2) is 14.2 Å². The minimum atomic E-state index is 0.270. The van der Waals surface area contributed by atoms with Crippen molar-refractivity contribution < 1.29 is 4.74 Å². The van der Waals surface area contributed by atoms with Gasteiger partial charge in [0.1, 0.15) is 5.75 Å². The lowest BCUT2D eigenvalue weighted by atomic mass is 10.1. The molecule has 1 aromatic carbocycles. The van der Waals surface area contributed by atoms with Gasteiger partial charge < -0.3 is 10.1 Å². The molecular weight excluding hydrogens is 162 g/mol. The SMILES string of the molecule is CNC1(c2ccc(OC)cc2)CC1. The Kier molecular flexibility index (Phi) is 2.00. The summed E-state index contributed by atoms with van der Waals surface area (Å²) in [4.78, 5) is 0. The second kappa shape index (κ2) is 3.04. The number of rotatable bonds is 3. The molecule has 0 bridgehead atoms. The van der Waals surface area contributed by atoms with Crippen LogP contribution < -0.4 is 10.1 Å². The Hall–Kier alpha value is -1.02. The average Bonchev–Trinajstić information content (AvgIpc) is 2.99. The molecule has 0 radical (unpaired) electrons. The van der Waals surface area contributed by atoms with Gasteiger partial charge in [-0.2, -0.15) is 0 Å². The van der Waals surface area contributed by atoms with Crippen LogP contribution in [0.3, 0.4) is 0 Å². The third kappa shape index (κ3) is 1.42. The maximum Gasteiger partial charge on any atom is 0.118 e. The maximum atomic E-state index is 5.12. The quantitative estimate of drug-likeness (QED) is 0.761. The molecule has 0 aliphatic heterocycles. The van der Waals surface area contributed by atoms with Crippen molar-refractivity contribution >= 4 is 0 Å². The van der Waals surface area contributed by atoms with Gasteiger partial charge in [0.25, 0.3) is 0 Å². The number of nitrogens with one attached hydrogen (secondary N) is 1. The molecule has 2 rings (SSSR count). The molecule has 0 atom stereocenters. The first kappa shape index (κ1) is 8.57. The van der Waals surface area contributed by atoms with E-state index in [1.807, 2.05) is 19.2 Å². The summed E-state index contributed by atoms with van der Waals surface area (Å²) in [6.07, 6.45) is 2.49. The molecule has 13 heavy (non-hydrogen) atoms. The van der Waals surface area contributed by atoms with Crippen molar-refractivity contribution in [2.45, 2.75) is 18.4 Å². The summed E-state index contributed by atoms with van der Waals surface area (Å²) in [5.41, 5.74) is 1.64. The molecule has 0 amide bonds. The van der Waals surface area contributed by atoms with Gasteiger partial charge in [-0.3, -0.25) is 0 Å². The molecule has 0 aromatic heterocycles. The third-order valence-corrected chi connectivity index (χ3v) is 2.87. The summed E-state index contributed by atoms with van der Waals surface area (Å²) in [6.45, 7) is 0. The van der Waals surface area contributed by atoms with Gasteiger partial charge in [0.05, 0.1) is 7.11 Å². The average molecular weight is 177 g/mol. The van der Waals surface area contributed by atoms with Crippen LogP contribution in [0, 0.1) is 0 Å². The van der Waals surface area contributed by atoms with E-state index in [0.29, 0.717) is 0 Å². The summed E-state index contributed by atoms with van der Waals surface area (Å²) < 4.78 is 5.12. The van der Waals surface area contributed by atoms with E-state index in [9.17, 15) is 0 Å². The van der Waals surface area contributed by atoms with E-state index in [-0.39, 0.29) is 5.54 Å². The summed E-state index contributed by atoms with van der Waals surface area (Å²) in [5.74, 6) is 0.927. The van der Waals surface area contributed by atoms with Crippen molar-refractivity contribution in [2.24, 2.45) is 0 Å². The predicted molar refractivity (Wildman–Crippen MR) is 53.0 cm³/mol. The Morgan fingerprint density at radius 3 is 2.23 bits per heavy atom.